The minimum Gasteiger partial charge on any atom is -0.444 e. The lowest BCUT2D eigenvalue weighted by Gasteiger charge is -2.48. The van der Waals surface area contributed by atoms with Crippen LogP contribution in [0.25, 0.3) is 0 Å². The highest BCUT2D eigenvalue weighted by Gasteiger charge is 2.44. The van der Waals surface area contributed by atoms with E-state index in [1.165, 1.54) is 32.1 Å². The second-order valence-electron chi connectivity index (χ2n) is 9.80. The second kappa shape index (κ2) is 8.31. The highest BCUT2D eigenvalue weighted by atomic mass is 16.6. The average Bonchev–Trinajstić information content (AvgIpc) is 2.58. The molecule has 3 fully saturated rings. The van der Waals surface area contributed by atoms with Crippen LogP contribution in [0.2, 0.25) is 0 Å². The minimum atomic E-state index is -0.460. The first-order valence-corrected chi connectivity index (χ1v) is 10.9. The molecule has 0 aromatic rings. The van der Waals surface area contributed by atoms with Gasteiger partial charge in [0.15, 0.2) is 0 Å². The molecule has 4 nitrogen and oxygen atoms in total. The van der Waals surface area contributed by atoms with Gasteiger partial charge in [0, 0.05) is 24.4 Å². The molecule has 0 spiro atoms. The molecule has 2 bridgehead atoms. The number of piperidine rings is 2. The molecule has 1 aliphatic carbocycles. The predicted octanol–water partition coefficient (Wildman–Crippen LogP) is 5.48. The summed E-state index contributed by atoms with van der Waals surface area (Å²) in [5.74, 6) is 1.39. The number of Topliss-reactive ketones (excluding diaryl/α,β-unsaturated/α-hetero) is 1. The number of ether oxygens (including phenoxy) is 1. The van der Waals surface area contributed by atoms with Gasteiger partial charge < -0.3 is 9.64 Å². The van der Waals surface area contributed by atoms with E-state index < -0.39 is 5.60 Å². The third-order valence-electron chi connectivity index (χ3n) is 6.56. The van der Waals surface area contributed by atoms with Crippen LogP contribution >= 0.6 is 0 Å². The van der Waals surface area contributed by atoms with Gasteiger partial charge in [-0.3, -0.25) is 4.79 Å². The van der Waals surface area contributed by atoms with E-state index in [0.29, 0.717) is 5.78 Å². The van der Waals surface area contributed by atoms with Gasteiger partial charge in [0.05, 0.1) is 0 Å². The molecule has 0 radical (unpaired) electrons. The summed E-state index contributed by atoms with van der Waals surface area (Å²) in [7, 11) is 0. The molecule has 2 aliphatic heterocycles. The number of hydrogen-bond donors (Lipinski definition) is 0. The van der Waals surface area contributed by atoms with Gasteiger partial charge in [-0.2, -0.15) is 0 Å². The van der Waals surface area contributed by atoms with E-state index in [1.807, 2.05) is 25.7 Å². The number of carbonyl (C=O) groups excluding carboxylic acids is 2. The van der Waals surface area contributed by atoms with Crippen molar-refractivity contribution >= 4 is 11.9 Å². The first kappa shape index (κ1) is 19.7. The summed E-state index contributed by atoms with van der Waals surface area (Å²) in [6.45, 7) is 5.76. The molecule has 1 saturated carbocycles. The molecule has 0 aromatic heterocycles. The minimum absolute atomic E-state index is 0.160. The summed E-state index contributed by atoms with van der Waals surface area (Å²) in [6, 6.07) is 0.391. The van der Waals surface area contributed by atoms with Crippen LogP contribution in [0, 0.1) is 11.8 Å². The maximum absolute atomic E-state index is 12.8. The van der Waals surface area contributed by atoms with E-state index in [4.69, 9.17) is 4.74 Å². The van der Waals surface area contributed by atoms with Crippen LogP contribution in [-0.4, -0.2) is 34.5 Å². The van der Waals surface area contributed by atoms with Crippen molar-refractivity contribution in [1.82, 2.24) is 4.90 Å². The highest BCUT2D eigenvalue weighted by Crippen LogP contribution is 2.39. The van der Waals surface area contributed by atoms with Crippen LogP contribution in [0.15, 0.2) is 0 Å². The SMILES string of the molecule is CC(C)(C)OC(=O)N1C2CCCC1CC(C(=O)CCC1CCCCC1)C2. The summed E-state index contributed by atoms with van der Waals surface area (Å²) < 4.78 is 5.64. The summed E-state index contributed by atoms with van der Waals surface area (Å²) in [6.07, 6.45) is 13.2. The van der Waals surface area contributed by atoms with Crippen LogP contribution in [0.3, 0.4) is 0 Å². The molecule has 2 saturated heterocycles. The zero-order valence-electron chi connectivity index (χ0n) is 17.0. The van der Waals surface area contributed by atoms with E-state index in [1.54, 1.807) is 0 Å². The average molecular weight is 364 g/mol. The fourth-order valence-corrected chi connectivity index (χ4v) is 5.28. The van der Waals surface area contributed by atoms with Crippen molar-refractivity contribution in [2.75, 3.05) is 0 Å². The normalized spacial score (nSPS) is 30.1. The Labute approximate surface area is 159 Å². The number of ketones is 1. The number of hydrogen-bond acceptors (Lipinski definition) is 3. The van der Waals surface area contributed by atoms with Crippen molar-refractivity contribution < 1.29 is 14.3 Å². The Kier molecular flexibility index (Phi) is 6.29. The molecule has 4 heteroatoms. The molecule has 0 N–H and O–H groups in total. The topological polar surface area (TPSA) is 46.6 Å². The van der Waals surface area contributed by atoms with E-state index in [9.17, 15) is 9.59 Å². The van der Waals surface area contributed by atoms with E-state index >= 15 is 0 Å². The number of amides is 1. The maximum Gasteiger partial charge on any atom is 0.410 e. The molecular weight excluding hydrogens is 326 g/mol. The summed E-state index contributed by atoms with van der Waals surface area (Å²) in [5.41, 5.74) is -0.460. The molecule has 0 aromatic carbocycles. The van der Waals surface area contributed by atoms with Crippen LogP contribution in [0.5, 0.6) is 0 Å². The smallest absolute Gasteiger partial charge is 0.410 e. The van der Waals surface area contributed by atoms with Gasteiger partial charge in [-0.05, 0) is 65.2 Å². The Hall–Kier alpha value is -1.06. The first-order chi connectivity index (χ1) is 12.3. The third-order valence-corrected chi connectivity index (χ3v) is 6.56. The molecular formula is C22H37NO3. The molecule has 148 valence electrons. The molecule has 2 unspecified atom stereocenters. The lowest BCUT2D eigenvalue weighted by Crippen LogP contribution is -2.56. The van der Waals surface area contributed by atoms with Crippen LogP contribution in [0.4, 0.5) is 4.79 Å². The lowest BCUT2D eigenvalue weighted by atomic mass is 9.75. The van der Waals surface area contributed by atoms with Gasteiger partial charge in [-0.25, -0.2) is 4.79 Å². The Bertz CT molecular complexity index is 490. The number of rotatable bonds is 4. The van der Waals surface area contributed by atoms with Crippen molar-refractivity contribution in [3.8, 4) is 0 Å². The quantitative estimate of drug-likeness (QED) is 0.664. The van der Waals surface area contributed by atoms with Gasteiger partial charge >= 0.3 is 6.09 Å². The van der Waals surface area contributed by atoms with Crippen LogP contribution in [0.1, 0.15) is 97.8 Å². The molecule has 2 heterocycles. The van der Waals surface area contributed by atoms with E-state index in [0.717, 1.165) is 50.9 Å². The first-order valence-electron chi connectivity index (χ1n) is 10.9. The van der Waals surface area contributed by atoms with Gasteiger partial charge in [-0.15, -0.1) is 0 Å². The van der Waals surface area contributed by atoms with Crippen molar-refractivity contribution in [3.05, 3.63) is 0 Å². The summed E-state index contributed by atoms with van der Waals surface area (Å²) >= 11 is 0. The molecule has 1 amide bonds. The van der Waals surface area contributed by atoms with Crippen LogP contribution in [-0.2, 0) is 9.53 Å². The molecule has 3 rings (SSSR count). The Morgan fingerprint density at radius 3 is 2.12 bits per heavy atom. The maximum atomic E-state index is 12.8. The lowest BCUT2D eigenvalue weighted by molar-refractivity contribution is -0.127. The number of fused-ring (bicyclic) bond motifs is 2. The van der Waals surface area contributed by atoms with Crippen molar-refractivity contribution in [3.63, 3.8) is 0 Å². The zero-order chi connectivity index (χ0) is 18.7. The summed E-state index contributed by atoms with van der Waals surface area (Å²) in [4.78, 5) is 27.5. The monoisotopic (exact) mass is 363 g/mol. The molecule has 3 aliphatic rings. The number of nitrogens with zero attached hydrogens (tertiary/aromatic N) is 1. The third kappa shape index (κ3) is 5.01. The largest absolute Gasteiger partial charge is 0.444 e. The second-order valence-corrected chi connectivity index (χ2v) is 9.80. The Balaban J connectivity index is 1.55. The fourth-order valence-electron chi connectivity index (χ4n) is 5.28. The Morgan fingerprint density at radius 1 is 0.923 bits per heavy atom. The molecule has 2 atom stereocenters. The van der Waals surface area contributed by atoms with Crippen molar-refractivity contribution in [2.24, 2.45) is 11.8 Å². The Morgan fingerprint density at radius 2 is 1.54 bits per heavy atom. The van der Waals surface area contributed by atoms with Crippen molar-refractivity contribution in [1.29, 1.82) is 0 Å². The number of carbonyl (C=O) groups is 2. The predicted molar refractivity (Wildman–Crippen MR) is 103 cm³/mol. The van der Waals surface area contributed by atoms with E-state index in [-0.39, 0.29) is 24.1 Å². The van der Waals surface area contributed by atoms with Gasteiger partial charge in [0.2, 0.25) is 0 Å². The van der Waals surface area contributed by atoms with Gasteiger partial charge in [0.25, 0.3) is 0 Å². The molecule has 26 heavy (non-hydrogen) atoms. The summed E-state index contributed by atoms with van der Waals surface area (Å²) in [5, 5.41) is 0. The highest BCUT2D eigenvalue weighted by molar-refractivity contribution is 5.81. The zero-order valence-corrected chi connectivity index (χ0v) is 17.0. The standard InChI is InChI=1S/C22H37NO3/c1-22(2,3)26-21(25)23-18-10-7-11-19(23)15-17(14-18)20(24)13-12-16-8-5-4-6-9-16/h16-19H,4-15H2,1-3H3. The fraction of sp³-hybridized carbons (Fsp3) is 0.909. The van der Waals surface area contributed by atoms with Crippen LogP contribution < -0.4 is 0 Å². The van der Waals surface area contributed by atoms with E-state index in [2.05, 4.69) is 0 Å². The van der Waals surface area contributed by atoms with Gasteiger partial charge in [-0.1, -0.05) is 32.1 Å². The van der Waals surface area contributed by atoms with Gasteiger partial charge in [0.1, 0.15) is 11.4 Å². The van der Waals surface area contributed by atoms with Crippen molar-refractivity contribution in [2.45, 2.75) is 116 Å².